The lowest BCUT2D eigenvalue weighted by molar-refractivity contribution is 0.235. The van der Waals surface area contributed by atoms with E-state index in [1.807, 2.05) is 55.5 Å². The molecule has 1 N–H and O–H groups in total. The van der Waals surface area contributed by atoms with Crippen LogP contribution >= 0.6 is 11.6 Å². The summed E-state index contributed by atoms with van der Waals surface area (Å²) in [5, 5.41) is 4.10. The summed E-state index contributed by atoms with van der Waals surface area (Å²) >= 11 is 5.99. The highest BCUT2D eigenvalue weighted by Crippen LogP contribution is 2.20. The molecule has 0 amide bonds. The molecule has 3 heteroatoms. The zero-order chi connectivity index (χ0) is 13.7. The Morgan fingerprint density at radius 3 is 2.63 bits per heavy atom. The van der Waals surface area contributed by atoms with Crippen LogP contribution in [0.25, 0.3) is 0 Å². The van der Waals surface area contributed by atoms with Gasteiger partial charge in [-0.25, -0.2) is 0 Å². The summed E-state index contributed by atoms with van der Waals surface area (Å²) in [6.07, 6.45) is 0.0841. The molecule has 1 atom stereocenters. The molecule has 0 bridgehead atoms. The van der Waals surface area contributed by atoms with Gasteiger partial charge in [-0.2, -0.15) is 0 Å². The first-order valence-corrected chi connectivity index (χ1v) is 6.74. The van der Waals surface area contributed by atoms with Crippen molar-refractivity contribution in [2.24, 2.45) is 0 Å². The number of hydrogen-bond donors (Lipinski definition) is 1. The van der Waals surface area contributed by atoms with Gasteiger partial charge < -0.3 is 10.1 Å². The van der Waals surface area contributed by atoms with E-state index >= 15 is 0 Å². The molecular formula is C16H18ClNO. The van der Waals surface area contributed by atoms with Crippen molar-refractivity contribution in [3.63, 3.8) is 0 Å². The number of nitrogens with one attached hydrogen (secondary N) is 1. The summed E-state index contributed by atoms with van der Waals surface area (Å²) in [6.45, 7) is 4.83. The molecule has 100 valence electrons. The van der Waals surface area contributed by atoms with Crippen LogP contribution in [0.5, 0.6) is 5.75 Å². The van der Waals surface area contributed by atoms with Crippen molar-refractivity contribution in [3.05, 3.63) is 59.1 Å². The van der Waals surface area contributed by atoms with E-state index in [2.05, 4.69) is 12.2 Å². The van der Waals surface area contributed by atoms with Crippen molar-refractivity contribution >= 4 is 17.3 Å². The zero-order valence-corrected chi connectivity index (χ0v) is 11.9. The summed E-state index contributed by atoms with van der Waals surface area (Å²) in [4.78, 5) is 0. The van der Waals surface area contributed by atoms with Crippen molar-refractivity contribution in [2.75, 3.05) is 11.9 Å². The third-order valence-corrected chi connectivity index (χ3v) is 3.10. The lowest BCUT2D eigenvalue weighted by atomic mass is 10.2. The molecule has 0 aliphatic carbocycles. The first-order chi connectivity index (χ1) is 9.15. The van der Waals surface area contributed by atoms with E-state index in [-0.39, 0.29) is 6.10 Å². The molecule has 2 rings (SSSR count). The number of benzene rings is 2. The Labute approximate surface area is 119 Å². The van der Waals surface area contributed by atoms with Crippen LogP contribution in [0.4, 0.5) is 5.69 Å². The monoisotopic (exact) mass is 275 g/mol. The highest BCUT2D eigenvalue weighted by Gasteiger charge is 2.05. The third-order valence-electron chi connectivity index (χ3n) is 2.86. The lowest BCUT2D eigenvalue weighted by Crippen LogP contribution is -2.22. The minimum absolute atomic E-state index is 0.0841. The highest BCUT2D eigenvalue weighted by atomic mass is 35.5. The molecule has 19 heavy (non-hydrogen) atoms. The Morgan fingerprint density at radius 1 is 1.16 bits per heavy atom. The maximum atomic E-state index is 5.99. The van der Waals surface area contributed by atoms with E-state index in [4.69, 9.17) is 16.3 Å². The number of halogens is 1. The number of rotatable bonds is 5. The van der Waals surface area contributed by atoms with Gasteiger partial charge in [0.25, 0.3) is 0 Å². The zero-order valence-electron chi connectivity index (χ0n) is 11.2. The predicted octanol–water partition coefficient (Wildman–Crippen LogP) is 4.53. The Kier molecular flexibility index (Phi) is 4.69. The fraction of sp³-hybridized carbons (Fsp3) is 0.250. The molecule has 2 aromatic rings. The largest absolute Gasteiger partial charge is 0.489 e. The van der Waals surface area contributed by atoms with Crippen molar-refractivity contribution < 1.29 is 4.74 Å². The normalized spacial score (nSPS) is 11.9. The number of hydrogen-bond acceptors (Lipinski definition) is 2. The molecule has 0 aliphatic rings. The topological polar surface area (TPSA) is 21.3 Å². The number of anilines is 1. The second kappa shape index (κ2) is 6.48. The average molecular weight is 276 g/mol. The van der Waals surface area contributed by atoms with Crippen molar-refractivity contribution in [2.45, 2.75) is 20.0 Å². The van der Waals surface area contributed by atoms with Gasteiger partial charge in [-0.15, -0.1) is 0 Å². The van der Waals surface area contributed by atoms with Gasteiger partial charge >= 0.3 is 0 Å². The van der Waals surface area contributed by atoms with E-state index in [1.54, 1.807) is 0 Å². The molecule has 0 aromatic heterocycles. The van der Waals surface area contributed by atoms with E-state index in [0.717, 1.165) is 23.0 Å². The fourth-order valence-electron chi connectivity index (χ4n) is 1.81. The average Bonchev–Trinajstić information content (AvgIpc) is 2.41. The van der Waals surface area contributed by atoms with E-state index in [9.17, 15) is 0 Å². The standard InChI is InChI=1S/C16H18ClNO/c1-12-8-9-14(17)10-16(12)18-11-13(2)19-15-6-4-3-5-7-15/h3-10,13,18H,11H2,1-2H3. The molecule has 0 saturated carbocycles. The van der Waals surface area contributed by atoms with Crippen LogP contribution in [0.15, 0.2) is 48.5 Å². The van der Waals surface area contributed by atoms with Gasteiger partial charge in [0.15, 0.2) is 0 Å². The molecule has 1 unspecified atom stereocenters. The van der Waals surface area contributed by atoms with Gasteiger partial charge in [0, 0.05) is 10.7 Å². The minimum Gasteiger partial charge on any atom is -0.489 e. The van der Waals surface area contributed by atoms with Crippen molar-refractivity contribution in [3.8, 4) is 5.75 Å². The van der Waals surface area contributed by atoms with Crippen LogP contribution in [-0.4, -0.2) is 12.6 Å². The van der Waals surface area contributed by atoms with Gasteiger partial charge in [0.1, 0.15) is 11.9 Å². The van der Waals surface area contributed by atoms with Gasteiger partial charge in [-0.05, 0) is 43.7 Å². The van der Waals surface area contributed by atoms with Crippen LogP contribution < -0.4 is 10.1 Å². The fourth-order valence-corrected chi connectivity index (χ4v) is 1.98. The Bertz CT molecular complexity index is 528. The molecular weight excluding hydrogens is 258 g/mol. The highest BCUT2D eigenvalue weighted by molar-refractivity contribution is 6.30. The Morgan fingerprint density at radius 2 is 1.89 bits per heavy atom. The molecule has 2 nitrogen and oxygen atoms in total. The summed E-state index contributed by atoms with van der Waals surface area (Å²) in [6, 6.07) is 15.7. The summed E-state index contributed by atoms with van der Waals surface area (Å²) < 4.78 is 5.81. The minimum atomic E-state index is 0.0841. The summed E-state index contributed by atoms with van der Waals surface area (Å²) in [5.41, 5.74) is 2.23. The molecule has 2 aromatic carbocycles. The number of para-hydroxylation sites is 1. The van der Waals surface area contributed by atoms with Crippen molar-refractivity contribution in [1.29, 1.82) is 0 Å². The van der Waals surface area contributed by atoms with Crippen LogP contribution in [0.3, 0.4) is 0 Å². The molecule has 0 radical (unpaired) electrons. The van der Waals surface area contributed by atoms with Gasteiger partial charge in [0.05, 0.1) is 6.54 Å². The van der Waals surface area contributed by atoms with E-state index in [0.29, 0.717) is 0 Å². The summed E-state index contributed by atoms with van der Waals surface area (Å²) in [7, 11) is 0. The molecule has 0 aliphatic heterocycles. The molecule has 0 fully saturated rings. The molecule has 0 saturated heterocycles. The van der Waals surface area contributed by atoms with Crippen LogP contribution in [0.1, 0.15) is 12.5 Å². The lowest BCUT2D eigenvalue weighted by Gasteiger charge is -2.17. The first-order valence-electron chi connectivity index (χ1n) is 6.37. The van der Waals surface area contributed by atoms with Crippen LogP contribution in [0.2, 0.25) is 5.02 Å². The number of aryl methyl sites for hydroxylation is 1. The second-order valence-electron chi connectivity index (χ2n) is 4.58. The quantitative estimate of drug-likeness (QED) is 0.866. The van der Waals surface area contributed by atoms with Crippen molar-refractivity contribution in [1.82, 2.24) is 0 Å². The van der Waals surface area contributed by atoms with Crippen LogP contribution in [-0.2, 0) is 0 Å². The van der Waals surface area contributed by atoms with Crippen LogP contribution in [0, 0.1) is 6.92 Å². The molecule has 0 spiro atoms. The molecule has 0 heterocycles. The Hall–Kier alpha value is -1.67. The summed E-state index contributed by atoms with van der Waals surface area (Å²) in [5.74, 6) is 0.889. The smallest absolute Gasteiger partial charge is 0.119 e. The Balaban J connectivity index is 1.90. The predicted molar refractivity (Wildman–Crippen MR) is 81.2 cm³/mol. The van der Waals surface area contributed by atoms with E-state index < -0.39 is 0 Å². The van der Waals surface area contributed by atoms with Gasteiger partial charge in [-0.3, -0.25) is 0 Å². The SMILES string of the molecule is Cc1ccc(Cl)cc1NCC(C)Oc1ccccc1. The maximum Gasteiger partial charge on any atom is 0.119 e. The van der Waals surface area contributed by atoms with Gasteiger partial charge in [-0.1, -0.05) is 35.9 Å². The van der Waals surface area contributed by atoms with Gasteiger partial charge in [0.2, 0.25) is 0 Å². The number of ether oxygens (including phenoxy) is 1. The van der Waals surface area contributed by atoms with E-state index in [1.165, 1.54) is 5.56 Å². The second-order valence-corrected chi connectivity index (χ2v) is 5.02. The maximum absolute atomic E-state index is 5.99. The third kappa shape index (κ3) is 4.18. The first kappa shape index (κ1) is 13.8.